The van der Waals surface area contributed by atoms with Crippen molar-refractivity contribution in [1.82, 2.24) is 0 Å². The number of ether oxygens (including phenoxy) is 2. The Hall–Kier alpha value is -0.120. The van der Waals surface area contributed by atoms with E-state index >= 15 is 0 Å². The van der Waals surface area contributed by atoms with Gasteiger partial charge in [-0.2, -0.15) is 0 Å². The van der Waals surface area contributed by atoms with Crippen LogP contribution >= 0.6 is 0 Å². The molecular formula is C7H14O3. The maximum absolute atomic E-state index is 8.73. The van der Waals surface area contributed by atoms with Crippen LogP contribution in [0.5, 0.6) is 0 Å². The third-order valence-corrected chi connectivity index (χ3v) is 1.61. The van der Waals surface area contributed by atoms with E-state index in [1.54, 1.807) is 0 Å². The highest BCUT2D eigenvalue weighted by molar-refractivity contribution is 4.58. The van der Waals surface area contributed by atoms with E-state index in [4.69, 9.17) is 14.6 Å². The lowest BCUT2D eigenvalue weighted by Crippen LogP contribution is -2.32. The standard InChI is InChI=1S/C7H14O3/c1-6(5-8)7-9-3-2-4-10-7/h6-8H,2-5H2,1H3/t6-/m1/s1. The van der Waals surface area contributed by atoms with Crippen molar-refractivity contribution in [3.63, 3.8) is 0 Å². The first-order valence-electron chi connectivity index (χ1n) is 3.68. The highest BCUT2D eigenvalue weighted by Crippen LogP contribution is 2.12. The van der Waals surface area contributed by atoms with Gasteiger partial charge < -0.3 is 14.6 Å². The molecule has 1 N–H and O–H groups in total. The fourth-order valence-corrected chi connectivity index (χ4v) is 0.921. The molecule has 1 rings (SSSR count). The Morgan fingerprint density at radius 2 is 2.10 bits per heavy atom. The lowest BCUT2D eigenvalue weighted by molar-refractivity contribution is -0.206. The van der Waals surface area contributed by atoms with Crippen LogP contribution < -0.4 is 0 Å². The number of hydrogen-bond acceptors (Lipinski definition) is 3. The van der Waals surface area contributed by atoms with Crippen molar-refractivity contribution < 1.29 is 14.6 Å². The van der Waals surface area contributed by atoms with E-state index in [1.165, 1.54) is 0 Å². The summed E-state index contributed by atoms with van der Waals surface area (Å²) in [6, 6.07) is 0. The smallest absolute Gasteiger partial charge is 0.162 e. The molecule has 3 nitrogen and oxygen atoms in total. The molecule has 1 aliphatic heterocycles. The molecule has 0 saturated carbocycles. The van der Waals surface area contributed by atoms with Gasteiger partial charge in [0.2, 0.25) is 0 Å². The first kappa shape index (κ1) is 7.98. The number of aliphatic hydroxyl groups is 1. The van der Waals surface area contributed by atoms with E-state index in [2.05, 4.69) is 0 Å². The molecule has 0 unspecified atom stereocenters. The van der Waals surface area contributed by atoms with Crippen LogP contribution in [0, 0.1) is 5.92 Å². The van der Waals surface area contributed by atoms with Crippen LogP contribution in [0.3, 0.4) is 0 Å². The maximum atomic E-state index is 8.73. The molecule has 1 heterocycles. The summed E-state index contributed by atoms with van der Waals surface area (Å²) in [5.41, 5.74) is 0. The predicted octanol–water partition coefficient (Wildman–Crippen LogP) is 0.378. The van der Waals surface area contributed by atoms with E-state index in [9.17, 15) is 0 Å². The summed E-state index contributed by atoms with van der Waals surface area (Å²) in [6.45, 7) is 3.56. The van der Waals surface area contributed by atoms with Crippen molar-refractivity contribution in [1.29, 1.82) is 0 Å². The molecule has 0 radical (unpaired) electrons. The zero-order chi connectivity index (χ0) is 7.40. The van der Waals surface area contributed by atoms with Gasteiger partial charge in [-0.1, -0.05) is 6.92 Å². The molecule has 1 aliphatic rings. The largest absolute Gasteiger partial charge is 0.396 e. The molecule has 1 atom stereocenters. The molecule has 0 aromatic rings. The van der Waals surface area contributed by atoms with Crippen LogP contribution in [0.2, 0.25) is 0 Å². The van der Waals surface area contributed by atoms with Crippen LogP contribution in [-0.2, 0) is 9.47 Å². The molecule has 0 amide bonds. The summed E-state index contributed by atoms with van der Waals surface area (Å²) in [6.07, 6.45) is 0.785. The maximum Gasteiger partial charge on any atom is 0.162 e. The Balaban J connectivity index is 2.24. The quantitative estimate of drug-likeness (QED) is 0.612. The summed E-state index contributed by atoms with van der Waals surface area (Å²) in [4.78, 5) is 0. The van der Waals surface area contributed by atoms with Gasteiger partial charge in [0, 0.05) is 5.92 Å². The average Bonchev–Trinajstić information content (AvgIpc) is 2.05. The second-order valence-corrected chi connectivity index (χ2v) is 2.62. The molecule has 60 valence electrons. The zero-order valence-electron chi connectivity index (χ0n) is 6.25. The Bertz CT molecular complexity index is 88.9. The molecule has 1 fully saturated rings. The zero-order valence-corrected chi connectivity index (χ0v) is 6.25. The molecule has 3 heteroatoms. The summed E-state index contributed by atoms with van der Waals surface area (Å²) in [7, 11) is 0. The van der Waals surface area contributed by atoms with Crippen molar-refractivity contribution in [2.45, 2.75) is 19.6 Å². The first-order chi connectivity index (χ1) is 4.84. The predicted molar refractivity (Wildman–Crippen MR) is 36.6 cm³/mol. The van der Waals surface area contributed by atoms with Gasteiger partial charge in [-0.05, 0) is 6.42 Å². The SMILES string of the molecule is C[C@H](CO)C1OCCCO1. The second kappa shape index (κ2) is 3.91. The fraction of sp³-hybridized carbons (Fsp3) is 1.00. The molecule has 0 aliphatic carbocycles. The van der Waals surface area contributed by atoms with E-state index in [0.29, 0.717) is 0 Å². The summed E-state index contributed by atoms with van der Waals surface area (Å²) in [5, 5.41) is 8.73. The molecule has 0 spiro atoms. The lowest BCUT2D eigenvalue weighted by Gasteiger charge is -2.26. The normalized spacial score (nSPS) is 24.6. The van der Waals surface area contributed by atoms with E-state index < -0.39 is 0 Å². The van der Waals surface area contributed by atoms with Gasteiger partial charge in [0.15, 0.2) is 6.29 Å². The molecule has 1 saturated heterocycles. The van der Waals surface area contributed by atoms with E-state index in [0.717, 1.165) is 19.6 Å². The Labute approximate surface area is 60.9 Å². The van der Waals surface area contributed by atoms with Crippen LogP contribution in [-0.4, -0.2) is 31.2 Å². The molecule has 10 heavy (non-hydrogen) atoms. The molecular weight excluding hydrogens is 132 g/mol. The average molecular weight is 146 g/mol. The van der Waals surface area contributed by atoms with Gasteiger partial charge in [0.1, 0.15) is 0 Å². The van der Waals surface area contributed by atoms with Gasteiger partial charge in [-0.3, -0.25) is 0 Å². The molecule has 0 aromatic carbocycles. The van der Waals surface area contributed by atoms with Crippen LogP contribution in [0.25, 0.3) is 0 Å². The summed E-state index contributed by atoms with van der Waals surface area (Å²) < 4.78 is 10.5. The van der Waals surface area contributed by atoms with Gasteiger partial charge in [-0.15, -0.1) is 0 Å². The van der Waals surface area contributed by atoms with Crippen molar-refractivity contribution in [3.05, 3.63) is 0 Å². The van der Waals surface area contributed by atoms with Gasteiger partial charge >= 0.3 is 0 Å². The molecule has 0 aromatic heterocycles. The second-order valence-electron chi connectivity index (χ2n) is 2.62. The summed E-state index contributed by atoms with van der Waals surface area (Å²) in [5.74, 6) is 0.0975. The monoisotopic (exact) mass is 146 g/mol. The van der Waals surface area contributed by atoms with Crippen molar-refractivity contribution in [2.24, 2.45) is 5.92 Å². The topological polar surface area (TPSA) is 38.7 Å². The van der Waals surface area contributed by atoms with Crippen molar-refractivity contribution in [2.75, 3.05) is 19.8 Å². The highest BCUT2D eigenvalue weighted by Gasteiger charge is 2.20. The lowest BCUT2D eigenvalue weighted by atomic mass is 10.2. The minimum atomic E-state index is -0.182. The van der Waals surface area contributed by atoms with Crippen LogP contribution in [0.15, 0.2) is 0 Å². The Morgan fingerprint density at radius 3 is 2.60 bits per heavy atom. The van der Waals surface area contributed by atoms with E-state index in [-0.39, 0.29) is 18.8 Å². The van der Waals surface area contributed by atoms with Crippen LogP contribution in [0.4, 0.5) is 0 Å². The highest BCUT2D eigenvalue weighted by atomic mass is 16.7. The third kappa shape index (κ3) is 1.94. The van der Waals surface area contributed by atoms with Crippen molar-refractivity contribution in [3.8, 4) is 0 Å². The molecule has 0 bridgehead atoms. The fourth-order valence-electron chi connectivity index (χ4n) is 0.921. The Morgan fingerprint density at radius 1 is 1.50 bits per heavy atom. The van der Waals surface area contributed by atoms with Crippen LogP contribution in [0.1, 0.15) is 13.3 Å². The van der Waals surface area contributed by atoms with E-state index in [1.807, 2.05) is 6.92 Å². The minimum Gasteiger partial charge on any atom is -0.396 e. The first-order valence-corrected chi connectivity index (χ1v) is 3.68. The third-order valence-electron chi connectivity index (χ3n) is 1.61. The summed E-state index contributed by atoms with van der Waals surface area (Å²) >= 11 is 0. The number of hydrogen-bond donors (Lipinski definition) is 1. The number of aliphatic hydroxyl groups excluding tert-OH is 1. The number of rotatable bonds is 2. The van der Waals surface area contributed by atoms with Gasteiger partial charge in [0.25, 0.3) is 0 Å². The minimum absolute atomic E-state index is 0.0975. The van der Waals surface area contributed by atoms with Crippen molar-refractivity contribution >= 4 is 0 Å². The van der Waals surface area contributed by atoms with Gasteiger partial charge in [0.05, 0.1) is 19.8 Å². The van der Waals surface area contributed by atoms with Gasteiger partial charge in [-0.25, -0.2) is 0 Å². The Kier molecular flexibility index (Phi) is 3.12.